The quantitative estimate of drug-likeness (QED) is 0.663. The number of hydrogen-bond acceptors (Lipinski definition) is 5. The Labute approximate surface area is 200 Å². The van der Waals surface area contributed by atoms with Gasteiger partial charge in [0.25, 0.3) is 11.8 Å². The molecule has 3 heterocycles. The number of hydrogen-bond donors (Lipinski definition) is 0. The van der Waals surface area contributed by atoms with Gasteiger partial charge in [0.05, 0.1) is 5.02 Å². The first-order valence-corrected chi connectivity index (χ1v) is 12.0. The monoisotopic (exact) mass is 470 g/mol. The van der Waals surface area contributed by atoms with Crippen LogP contribution in [0.3, 0.4) is 0 Å². The molecule has 2 aliphatic rings. The van der Waals surface area contributed by atoms with E-state index < -0.39 is 0 Å². The van der Waals surface area contributed by atoms with Gasteiger partial charge in [-0.1, -0.05) is 11.6 Å². The fourth-order valence-corrected chi connectivity index (χ4v) is 4.98. The number of likely N-dealkylation sites (tertiary alicyclic amines) is 1. The summed E-state index contributed by atoms with van der Waals surface area (Å²) in [6.07, 6.45) is 4.96. The van der Waals surface area contributed by atoms with Gasteiger partial charge in [0, 0.05) is 50.0 Å². The highest BCUT2D eigenvalue weighted by Crippen LogP contribution is 2.25. The molecule has 8 heteroatoms. The summed E-state index contributed by atoms with van der Waals surface area (Å²) in [5, 5.41) is 0.621. The number of piperazine rings is 1. The van der Waals surface area contributed by atoms with Gasteiger partial charge >= 0.3 is 0 Å². The molecule has 2 fully saturated rings. The molecule has 2 aliphatic heterocycles. The third-order valence-corrected chi connectivity index (χ3v) is 6.85. The molecule has 0 radical (unpaired) electrons. The second-order valence-corrected chi connectivity index (χ2v) is 9.24. The lowest BCUT2D eigenvalue weighted by atomic mass is 9.97. The summed E-state index contributed by atoms with van der Waals surface area (Å²) in [7, 11) is 0. The SMILES string of the molecule is CC1CCCC(C)N1C(=O)COc1ccc(C(=O)N2CCN(c3ncccc3Cl)CC2)cc1. The van der Waals surface area contributed by atoms with Gasteiger partial charge in [-0.15, -0.1) is 0 Å². The van der Waals surface area contributed by atoms with E-state index in [0.29, 0.717) is 42.5 Å². The molecule has 7 nitrogen and oxygen atoms in total. The van der Waals surface area contributed by atoms with Crippen LogP contribution in [0.2, 0.25) is 5.02 Å². The van der Waals surface area contributed by atoms with Crippen molar-refractivity contribution in [2.45, 2.75) is 45.2 Å². The van der Waals surface area contributed by atoms with Crippen molar-refractivity contribution in [2.75, 3.05) is 37.7 Å². The Balaban J connectivity index is 1.29. The van der Waals surface area contributed by atoms with Gasteiger partial charge < -0.3 is 19.4 Å². The van der Waals surface area contributed by atoms with Crippen molar-refractivity contribution in [1.82, 2.24) is 14.8 Å². The first-order valence-electron chi connectivity index (χ1n) is 11.6. The Morgan fingerprint density at radius 1 is 1.03 bits per heavy atom. The van der Waals surface area contributed by atoms with Crippen LogP contribution in [0.25, 0.3) is 0 Å². The van der Waals surface area contributed by atoms with Crippen LogP contribution in [0, 0.1) is 0 Å². The van der Waals surface area contributed by atoms with Gasteiger partial charge in [-0.25, -0.2) is 4.98 Å². The van der Waals surface area contributed by atoms with E-state index in [1.807, 2.05) is 21.9 Å². The maximum Gasteiger partial charge on any atom is 0.260 e. The van der Waals surface area contributed by atoms with Gasteiger partial charge in [-0.2, -0.15) is 0 Å². The zero-order valence-electron chi connectivity index (χ0n) is 19.2. The number of pyridine rings is 1. The highest BCUT2D eigenvalue weighted by Gasteiger charge is 2.29. The molecular weight excluding hydrogens is 440 g/mol. The second-order valence-electron chi connectivity index (χ2n) is 8.83. The predicted octanol–water partition coefficient (Wildman–Crippen LogP) is 3.87. The maximum atomic E-state index is 12.9. The number of amides is 2. The van der Waals surface area contributed by atoms with Crippen LogP contribution in [0.1, 0.15) is 43.5 Å². The summed E-state index contributed by atoms with van der Waals surface area (Å²) in [5.74, 6) is 1.35. The topological polar surface area (TPSA) is 66.0 Å². The lowest BCUT2D eigenvalue weighted by molar-refractivity contribution is -0.139. The van der Waals surface area contributed by atoms with Gasteiger partial charge in [-0.3, -0.25) is 9.59 Å². The van der Waals surface area contributed by atoms with Crippen molar-refractivity contribution in [1.29, 1.82) is 0 Å². The summed E-state index contributed by atoms with van der Waals surface area (Å²) in [6, 6.07) is 11.2. The molecule has 0 saturated carbocycles. The number of carbonyl (C=O) groups is 2. The highest BCUT2D eigenvalue weighted by atomic mass is 35.5. The van der Waals surface area contributed by atoms with E-state index in [1.165, 1.54) is 0 Å². The van der Waals surface area contributed by atoms with Crippen molar-refractivity contribution in [3.05, 3.63) is 53.2 Å². The van der Waals surface area contributed by atoms with E-state index in [9.17, 15) is 9.59 Å². The third kappa shape index (κ3) is 5.41. The van der Waals surface area contributed by atoms with Crippen LogP contribution >= 0.6 is 11.6 Å². The summed E-state index contributed by atoms with van der Waals surface area (Å²) < 4.78 is 5.73. The number of piperidine rings is 1. The molecule has 0 aliphatic carbocycles. The molecule has 2 saturated heterocycles. The molecule has 2 amide bonds. The lowest BCUT2D eigenvalue weighted by Crippen LogP contribution is -2.49. The average Bonchev–Trinajstić information content (AvgIpc) is 2.83. The van der Waals surface area contributed by atoms with Crippen molar-refractivity contribution >= 4 is 29.2 Å². The second kappa shape index (κ2) is 10.4. The lowest BCUT2D eigenvalue weighted by Gasteiger charge is -2.39. The average molecular weight is 471 g/mol. The normalized spacial score (nSPS) is 21.1. The van der Waals surface area contributed by atoms with E-state index in [1.54, 1.807) is 30.5 Å². The van der Waals surface area contributed by atoms with E-state index in [2.05, 4.69) is 23.7 Å². The molecular formula is C25H31ClN4O3. The standard InChI is InChI=1S/C25H31ClN4O3/c1-18-5-3-6-19(2)30(18)23(31)17-33-21-10-8-20(9-11-21)25(32)29-15-13-28(14-16-29)24-22(26)7-4-12-27-24/h4,7-12,18-19H,3,5-6,13-17H2,1-2H3. The number of nitrogens with zero attached hydrogens (tertiary/aromatic N) is 4. The Bertz CT molecular complexity index is 966. The Hall–Kier alpha value is -2.80. The number of halogens is 1. The molecule has 4 rings (SSSR count). The van der Waals surface area contributed by atoms with Crippen LogP contribution < -0.4 is 9.64 Å². The fourth-order valence-electron chi connectivity index (χ4n) is 4.74. The fraction of sp³-hybridized carbons (Fsp3) is 0.480. The molecule has 2 atom stereocenters. The third-order valence-electron chi connectivity index (χ3n) is 6.55. The minimum absolute atomic E-state index is 0.0136. The summed E-state index contributed by atoms with van der Waals surface area (Å²) in [4.78, 5) is 35.8. The van der Waals surface area contributed by atoms with Gasteiger partial charge in [0.15, 0.2) is 6.61 Å². The minimum atomic E-state index is -0.0136. The first-order chi connectivity index (χ1) is 15.9. The molecule has 176 valence electrons. The summed E-state index contributed by atoms with van der Waals surface area (Å²) in [5.41, 5.74) is 0.608. The van der Waals surface area contributed by atoms with Gasteiger partial charge in [0.1, 0.15) is 11.6 Å². The van der Waals surface area contributed by atoms with E-state index in [4.69, 9.17) is 16.3 Å². The predicted molar refractivity (Wildman–Crippen MR) is 129 cm³/mol. The molecule has 0 N–H and O–H groups in total. The zero-order chi connectivity index (χ0) is 23.4. The maximum absolute atomic E-state index is 12.9. The van der Waals surface area contributed by atoms with Crippen molar-refractivity contribution in [3.63, 3.8) is 0 Å². The molecule has 33 heavy (non-hydrogen) atoms. The Kier molecular flexibility index (Phi) is 7.38. The number of aromatic nitrogens is 1. The van der Waals surface area contributed by atoms with E-state index in [0.717, 1.165) is 25.1 Å². The van der Waals surface area contributed by atoms with Crippen LogP contribution in [0.15, 0.2) is 42.6 Å². The number of benzene rings is 1. The number of anilines is 1. The van der Waals surface area contributed by atoms with E-state index >= 15 is 0 Å². The highest BCUT2D eigenvalue weighted by molar-refractivity contribution is 6.32. The van der Waals surface area contributed by atoms with Crippen LogP contribution in [-0.4, -0.2) is 71.5 Å². The molecule has 0 bridgehead atoms. The Morgan fingerprint density at radius 3 is 2.33 bits per heavy atom. The Morgan fingerprint density at radius 2 is 1.70 bits per heavy atom. The van der Waals surface area contributed by atoms with Crippen LogP contribution in [0.4, 0.5) is 5.82 Å². The van der Waals surface area contributed by atoms with Crippen molar-refractivity contribution in [3.8, 4) is 5.75 Å². The zero-order valence-corrected chi connectivity index (χ0v) is 20.0. The molecule has 1 aromatic heterocycles. The minimum Gasteiger partial charge on any atom is -0.484 e. The largest absolute Gasteiger partial charge is 0.484 e. The number of rotatable bonds is 5. The number of carbonyl (C=O) groups excluding carboxylic acids is 2. The molecule has 0 spiro atoms. The summed E-state index contributed by atoms with van der Waals surface area (Å²) in [6.45, 7) is 6.77. The number of ether oxygens (including phenoxy) is 1. The van der Waals surface area contributed by atoms with Gasteiger partial charge in [-0.05, 0) is 69.5 Å². The molecule has 2 aromatic rings. The summed E-state index contributed by atoms with van der Waals surface area (Å²) >= 11 is 6.25. The molecule has 2 unspecified atom stereocenters. The molecule has 1 aromatic carbocycles. The van der Waals surface area contributed by atoms with Crippen LogP contribution in [0.5, 0.6) is 5.75 Å². The smallest absolute Gasteiger partial charge is 0.260 e. The van der Waals surface area contributed by atoms with Gasteiger partial charge in [0.2, 0.25) is 0 Å². The van der Waals surface area contributed by atoms with Crippen molar-refractivity contribution in [2.24, 2.45) is 0 Å². The first kappa shape index (κ1) is 23.4. The van der Waals surface area contributed by atoms with E-state index in [-0.39, 0.29) is 30.5 Å². The van der Waals surface area contributed by atoms with Crippen molar-refractivity contribution < 1.29 is 14.3 Å². The van der Waals surface area contributed by atoms with Crippen LogP contribution in [-0.2, 0) is 4.79 Å².